The largest absolute Gasteiger partial charge is 0.496 e. The van der Waals surface area contributed by atoms with Crippen LogP contribution in [0, 0.1) is 0 Å². The zero-order valence-corrected chi connectivity index (χ0v) is 14.4. The molecule has 0 bridgehead atoms. The molecule has 124 valence electrons. The molecule has 0 unspecified atom stereocenters. The van der Waals surface area contributed by atoms with E-state index in [1.54, 1.807) is 7.11 Å². The molecule has 2 N–H and O–H groups in total. The van der Waals surface area contributed by atoms with Crippen molar-refractivity contribution in [3.63, 3.8) is 0 Å². The van der Waals surface area contributed by atoms with Gasteiger partial charge in [0.1, 0.15) is 5.75 Å². The Morgan fingerprint density at radius 3 is 2.68 bits per heavy atom. The topological polar surface area (TPSA) is 48.9 Å². The van der Waals surface area contributed by atoms with Gasteiger partial charge in [0.15, 0.2) is 5.96 Å². The van der Waals surface area contributed by atoms with Crippen LogP contribution in [0.4, 0.5) is 0 Å². The lowest BCUT2D eigenvalue weighted by Crippen LogP contribution is -2.38. The van der Waals surface area contributed by atoms with Gasteiger partial charge in [-0.15, -0.1) is 0 Å². The molecule has 0 spiro atoms. The van der Waals surface area contributed by atoms with Gasteiger partial charge in [-0.2, -0.15) is 0 Å². The zero-order chi connectivity index (χ0) is 16.2. The van der Waals surface area contributed by atoms with Crippen LogP contribution < -0.4 is 15.4 Å². The summed E-state index contributed by atoms with van der Waals surface area (Å²) in [6.45, 7) is 5.68. The van der Waals surface area contributed by atoms with Crippen molar-refractivity contribution in [2.75, 3.05) is 47.4 Å². The minimum absolute atomic E-state index is 0.833. The molecule has 0 atom stereocenters. The van der Waals surface area contributed by atoms with E-state index in [0.717, 1.165) is 50.7 Å². The summed E-state index contributed by atoms with van der Waals surface area (Å²) in [6.07, 6.45) is 1.97. The molecular weight excluding hydrogens is 276 g/mol. The van der Waals surface area contributed by atoms with Crippen LogP contribution in [-0.4, -0.2) is 58.2 Å². The van der Waals surface area contributed by atoms with Gasteiger partial charge in [-0.1, -0.05) is 18.2 Å². The molecule has 0 saturated heterocycles. The molecule has 0 aromatic heterocycles. The first-order valence-corrected chi connectivity index (χ1v) is 7.96. The molecule has 5 heteroatoms. The summed E-state index contributed by atoms with van der Waals surface area (Å²) in [7, 11) is 5.88. The molecule has 0 fully saturated rings. The molecule has 22 heavy (non-hydrogen) atoms. The molecule has 1 rings (SSSR count). The van der Waals surface area contributed by atoms with E-state index in [-0.39, 0.29) is 0 Å². The average molecular weight is 306 g/mol. The van der Waals surface area contributed by atoms with Gasteiger partial charge < -0.3 is 20.3 Å². The Morgan fingerprint density at radius 1 is 1.23 bits per heavy atom. The lowest BCUT2D eigenvalue weighted by atomic mass is 10.1. The Labute approximate surface area is 134 Å². The van der Waals surface area contributed by atoms with Crippen molar-refractivity contribution in [2.45, 2.75) is 19.8 Å². The SMILES string of the molecule is CCNC(=NCCCN(C)C)NCCc1ccccc1OC. The van der Waals surface area contributed by atoms with E-state index in [9.17, 15) is 0 Å². The molecule has 1 aromatic carbocycles. The van der Waals surface area contributed by atoms with Gasteiger partial charge in [-0.05, 0) is 52.0 Å². The lowest BCUT2D eigenvalue weighted by molar-refractivity contribution is 0.403. The number of hydrogen-bond donors (Lipinski definition) is 2. The first-order valence-electron chi connectivity index (χ1n) is 7.96. The standard InChI is InChI=1S/C17H30N4O/c1-5-18-17(19-12-8-14-21(2)3)20-13-11-15-9-6-7-10-16(15)22-4/h6-7,9-10H,5,8,11-14H2,1-4H3,(H2,18,19,20). The van der Waals surface area contributed by atoms with Crippen LogP contribution >= 0.6 is 0 Å². The molecule has 5 nitrogen and oxygen atoms in total. The third-order valence-corrected chi connectivity index (χ3v) is 3.26. The summed E-state index contributed by atoms with van der Waals surface area (Å²) in [6, 6.07) is 8.13. The van der Waals surface area contributed by atoms with Gasteiger partial charge in [0.25, 0.3) is 0 Å². The van der Waals surface area contributed by atoms with E-state index >= 15 is 0 Å². The quantitative estimate of drug-likeness (QED) is 0.414. The van der Waals surface area contributed by atoms with E-state index in [1.165, 1.54) is 5.56 Å². The van der Waals surface area contributed by atoms with E-state index in [2.05, 4.69) is 47.6 Å². The zero-order valence-electron chi connectivity index (χ0n) is 14.4. The van der Waals surface area contributed by atoms with E-state index in [1.807, 2.05) is 18.2 Å². The minimum atomic E-state index is 0.833. The number of para-hydroxylation sites is 1. The van der Waals surface area contributed by atoms with Crippen molar-refractivity contribution in [3.05, 3.63) is 29.8 Å². The van der Waals surface area contributed by atoms with Crippen molar-refractivity contribution in [1.82, 2.24) is 15.5 Å². The highest BCUT2D eigenvalue weighted by molar-refractivity contribution is 5.79. The van der Waals surface area contributed by atoms with Gasteiger partial charge in [-0.3, -0.25) is 4.99 Å². The molecular formula is C17H30N4O. The summed E-state index contributed by atoms with van der Waals surface area (Å²) in [4.78, 5) is 6.77. The van der Waals surface area contributed by atoms with Crippen LogP contribution in [0.5, 0.6) is 5.75 Å². The fourth-order valence-corrected chi connectivity index (χ4v) is 2.14. The maximum absolute atomic E-state index is 5.37. The highest BCUT2D eigenvalue weighted by Crippen LogP contribution is 2.17. The second kappa shape index (κ2) is 10.9. The Kier molecular flexibility index (Phi) is 9.07. The number of nitrogens with zero attached hydrogens (tertiary/aromatic N) is 2. The minimum Gasteiger partial charge on any atom is -0.496 e. The molecule has 0 aliphatic rings. The maximum atomic E-state index is 5.37. The number of ether oxygens (including phenoxy) is 1. The first kappa shape index (κ1) is 18.3. The van der Waals surface area contributed by atoms with E-state index < -0.39 is 0 Å². The number of benzene rings is 1. The Balaban J connectivity index is 2.41. The molecule has 0 aliphatic carbocycles. The number of aliphatic imine (C=N–C) groups is 1. The van der Waals surface area contributed by atoms with E-state index in [4.69, 9.17) is 4.74 Å². The normalized spacial score (nSPS) is 11.6. The van der Waals surface area contributed by atoms with Crippen LogP contribution in [0.25, 0.3) is 0 Å². The summed E-state index contributed by atoms with van der Waals surface area (Å²) in [5.74, 6) is 1.83. The molecule has 0 aliphatic heterocycles. The predicted octanol–water partition coefficient (Wildman–Crippen LogP) is 1.74. The monoisotopic (exact) mass is 306 g/mol. The van der Waals surface area contributed by atoms with Crippen molar-refractivity contribution in [3.8, 4) is 5.75 Å². The van der Waals surface area contributed by atoms with Crippen molar-refractivity contribution < 1.29 is 4.74 Å². The number of rotatable bonds is 9. The third kappa shape index (κ3) is 7.31. The van der Waals surface area contributed by atoms with Crippen LogP contribution in [0.2, 0.25) is 0 Å². The highest BCUT2D eigenvalue weighted by Gasteiger charge is 2.02. The smallest absolute Gasteiger partial charge is 0.191 e. The third-order valence-electron chi connectivity index (χ3n) is 3.26. The van der Waals surface area contributed by atoms with Gasteiger partial charge in [0.2, 0.25) is 0 Å². The van der Waals surface area contributed by atoms with Gasteiger partial charge >= 0.3 is 0 Å². The van der Waals surface area contributed by atoms with Crippen molar-refractivity contribution in [2.24, 2.45) is 4.99 Å². The summed E-state index contributed by atoms with van der Waals surface area (Å²) in [5, 5.41) is 6.66. The van der Waals surface area contributed by atoms with Crippen molar-refractivity contribution in [1.29, 1.82) is 0 Å². The Bertz CT molecular complexity index is 446. The second-order valence-corrected chi connectivity index (χ2v) is 5.41. The average Bonchev–Trinajstić information content (AvgIpc) is 2.51. The first-order chi connectivity index (χ1) is 10.7. The molecule has 0 amide bonds. The summed E-state index contributed by atoms with van der Waals surface area (Å²) in [5.41, 5.74) is 1.21. The van der Waals surface area contributed by atoms with Gasteiger partial charge in [0, 0.05) is 19.6 Å². The fourth-order valence-electron chi connectivity index (χ4n) is 2.14. The van der Waals surface area contributed by atoms with E-state index in [0.29, 0.717) is 0 Å². The number of hydrogen-bond acceptors (Lipinski definition) is 3. The Hall–Kier alpha value is -1.75. The summed E-state index contributed by atoms with van der Waals surface area (Å²) < 4.78 is 5.37. The summed E-state index contributed by atoms with van der Waals surface area (Å²) >= 11 is 0. The van der Waals surface area contributed by atoms with Gasteiger partial charge in [-0.25, -0.2) is 0 Å². The van der Waals surface area contributed by atoms with Crippen LogP contribution in [0.1, 0.15) is 18.9 Å². The van der Waals surface area contributed by atoms with Crippen molar-refractivity contribution >= 4 is 5.96 Å². The number of methoxy groups -OCH3 is 1. The molecule has 0 radical (unpaired) electrons. The number of nitrogens with one attached hydrogen (secondary N) is 2. The highest BCUT2D eigenvalue weighted by atomic mass is 16.5. The Morgan fingerprint density at radius 2 is 2.00 bits per heavy atom. The van der Waals surface area contributed by atoms with Crippen LogP contribution in [0.3, 0.4) is 0 Å². The predicted molar refractivity (Wildman–Crippen MR) is 93.9 cm³/mol. The fraction of sp³-hybridized carbons (Fsp3) is 0.588. The van der Waals surface area contributed by atoms with Crippen LogP contribution in [0.15, 0.2) is 29.3 Å². The molecule has 1 aromatic rings. The second-order valence-electron chi connectivity index (χ2n) is 5.41. The molecule has 0 heterocycles. The maximum Gasteiger partial charge on any atom is 0.191 e. The lowest BCUT2D eigenvalue weighted by Gasteiger charge is -2.13. The number of guanidine groups is 1. The van der Waals surface area contributed by atoms with Crippen LogP contribution in [-0.2, 0) is 6.42 Å². The van der Waals surface area contributed by atoms with Gasteiger partial charge in [0.05, 0.1) is 7.11 Å². The molecule has 0 saturated carbocycles.